The van der Waals surface area contributed by atoms with Crippen molar-refractivity contribution in [2.45, 2.75) is 234 Å². The fourth-order valence-corrected chi connectivity index (χ4v) is 16.5. The third-order valence-electron chi connectivity index (χ3n) is 21.6. The molecule has 0 aromatic heterocycles. The van der Waals surface area contributed by atoms with Crippen LogP contribution in [0.3, 0.4) is 0 Å². The van der Waals surface area contributed by atoms with Crippen molar-refractivity contribution in [1.29, 1.82) is 0 Å². The fourth-order valence-electron chi connectivity index (χ4n) is 16.5. The van der Waals surface area contributed by atoms with E-state index in [0.717, 1.165) is 38.5 Å². The van der Waals surface area contributed by atoms with Crippen LogP contribution in [0.25, 0.3) is 0 Å². The normalized spacial score (nSPS) is 55.7. The van der Waals surface area contributed by atoms with Crippen LogP contribution >= 0.6 is 0 Å². The first kappa shape index (κ1) is 60.6. The quantitative estimate of drug-likeness (QED) is 0.0750. The Morgan fingerprint density at radius 3 is 1.69 bits per heavy atom. The first-order chi connectivity index (χ1) is 36.3. The van der Waals surface area contributed by atoms with E-state index in [9.17, 15) is 76.6 Å². The molecule has 0 unspecified atom stereocenters. The Bertz CT molecular complexity index is 1950. The maximum absolute atomic E-state index is 12.7. The number of fused-ring (bicyclic) bond motifs is 5. The van der Waals surface area contributed by atoms with E-state index in [1.54, 1.807) is 0 Å². The number of hydrogen-bond acceptors (Lipinski definition) is 24. The summed E-state index contributed by atoms with van der Waals surface area (Å²) in [6, 6.07) is 0. The maximum atomic E-state index is 12.7. The topological polar surface area (TPSA) is 387 Å². The zero-order chi connectivity index (χ0) is 55.9. The molecule has 0 aromatic carbocycles. The summed E-state index contributed by atoms with van der Waals surface area (Å²) in [5, 5.41) is 160. The molecule has 31 atom stereocenters. The van der Waals surface area contributed by atoms with Crippen molar-refractivity contribution in [3.8, 4) is 0 Å². The van der Waals surface area contributed by atoms with E-state index in [0.29, 0.717) is 32.3 Å². The highest BCUT2D eigenvalue weighted by Gasteiger charge is 2.71. The van der Waals surface area contributed by atoms with E-state index < -0.39 is 172 Å². The van der Waals surface area contributed by atoms with Gasteiger partial charge in [-0.1, -0.05) is 34.6 Å². The summed E-state index contributed by atoms with van der Waals surface area (Å²) in [7, 11) is 0. The Kier molecular flexibility index (Phi) is 18.3. The third-order valence-corrected chi connectivity index (χ3v) is 21.6. The van der Waals surface area contributed by atoms with Crippen LogP contribution in [0.15, 0.2) is 0 Å². The van der Waals surface area contributed by atoms with Gasteiger partial charge >= 0.3 is 0 Å². The lowest BCUT2D eigenvalue weighted by molar-refractivity contribution is -0.375. The minimum absolute atomic E-state index is 0.0389. The molecule has 4 saturated carbocycles. The molecule has 9 fully saturated rings. The minimum Gasteiger partial charge on any atom is -0.394 e. The number of hydrogen-bond donors (Lipinski definition) is 15. The van der Waals surface area contributed by atoms with Crippen molar-refractivity contribution in [3.05, 3.63) is 0 Å². The Morgan fingerprint density at radius 2 is 1.09 bits per heavy atom. The molecule has 1 spiro atoms. The zero-order valence-electron chi connectivity index (χ0n) is 44.9. The molecule has 5 saturated heterocycles. The van der Waals surface area contributed by atoms with Gasteiger partial charge in [-0.25, -0.2) is 0 Å². The molecule has 5 heterocycles. The van der Waals surface area contributed by atoms with Gasteiger partial charge in [0.1, 0.15) is 91.6 Å². The van der Waals surface area contributed by atoms with Gasteiger partial charge in [-0.2, -0.15) is 0 Å². The van der Waals surface area contributed by atoms with E-state index in [1.165, 1.54) is 0 Å². The lowest BCUT2D eigenvalue weighted by Crippen LogP contribution is -2.69. The lowest BCUT2D eigenvalue weighted by atomic mass is 9.33. The molecule has 446 valence electrons. The average molecular weight is 1110 g/mol. The van der Waals surface area contributed by atoms with Crippen LogP contribution in [0.4, 0.5) is 0 Å². The Hall–Kier alpha value is -0.960. The molecule has 77 heavy (non-hydrogen) atoms. The van der Waals surface area contributed by atoms with Crippen LogP contribution in [-0.2, 0) is 42.6 Å². The molecule has 0 bridgehead atoms. The van der Waals surface area contributed by atoms with E-state index in [-0.39, 0.29) is 53.8 Å². The third kappa shape index (κ3) is 10.4. The van der Waals surface area contributed by atoms with Gasteiger partial charge in [-0.05, 0) is 98.2 Å². The highest BCUT2D eigenvalue weighted by Crippen LogP contribution is 2.75. The predicted octanol–water partition coefficient (Wildman–Crippen LogP) is -3.52. The van der Waals surface area contributed by atoms with Crippen molar-refractivity contribution >= 4 is 0 Å². The SMILES string of the molecule is C[C@@H](CO[C@@H]1O[C@H](CO)[C@@H](O)[C@H](O)[C@H]1O)[C@@H]1CC[C@@]2(CC[C@]3(C)[C@H](CC[C@@H]4[C@@]5(C)CC[C@H](O[C@@H]6O[C@H](CO)[C@@H](O)[C@H](O)[C@H]6O[C@@H]6OC[C@@H](O)[C@H](O)[C@H]6O)[C@@](C)(CO[C@@H]6O[C@H](CO)[C@@H](O)[C@H](O)[C@H]6O)[C@@H]5CC[C@]43C)[C@H]2O)CO1. The summed E-state index contributed by atoms with van der Waals surface area (Å²) in [6.45, 7) is 8.95. The monoisotopic (exact) mass is 1110 g/mol. The van der Waals surface area contributed by atoms with Crippen molar-refractivity contribution in [1.82, 2.24) is 0 Å². The zero-order valence-corrected chi connectivity index (χ0v) is 44.9. The predicted molar refractivity (Wildman–Crippen MR) is 261 cm³/mol. The molecule has 24 heteroatoms. The van der Waals surface area contributed by atoms with Gasteiger partial charge in [0.25, 0.3) is 0 Å². The van der Waals surface area contributed by atoms with Crippen LogP contribution in [0.2, 0.25) is 0 Å². The standard InChI is InChI=1S/C53H90O24/c1-23(19-69-45-41(66)37(62)34(59)27(16-54)73-45)26-8-13-53(22-71-26)15-14-51(4)24(44(53)68)6-7-31-49(2)11-10-32(76-48-43(39(64)36(61)29(18-56)75-48)77-46-40(65)33(58)25(57)20-70-46)50(3,30(49)9-12-52(31,51)5)21-72-47-42(67)38(63)35(60)28(17-55)74-47/h23-48,54-68H,6-22H2,1-5H3/t23-,24+,25+,26-,27+,28+,29+,30+,31+,32-,33-,34+,35+,36+,37-,38-,39-,40+,41+,42+,43+,44+,45+,46-,47+,48-,49-,50-,51+,52+,53+/m0/s1. The summed E-state index contributed by atoms with van der Waals surface area (Å²) in [6.07, 6.45) is -23.6. The van der Waals surface area contributed by atoms with Gasteiger partial charge < -0.3 is 119 Å². The largest absolute Gasteiger partial charge is 0.394 e. The molecule has 5 aliphatic heterocycles. The Balaban J connectivity index is 0.932. The molecule has 9 rings (SSSR count). The number of aliphatic hydroxyl groups is 15. The highest BCUT2D eigenvalue weighted by molar-refractivity contribution is 5.19. The number of rotatable bonds is 14. The van der Waals surface area contributed by atoms with Crippen molar-refractivity contribution in [2.24, 2.45) is 50.7 Å². The first-order valence-corrected chi connectivity index (χ1v) is 28.1. The molecule has 0 amide bonds. The number of aliphatic hydroxyl groups excluding tert-OH is 15. The summed E-state index contributed by atoms with van der Waals surface area (Å²) in [4.78, 5) is 0. The van der Waals surface area contributed by atoms with Crippen LogP contribution < -0.4 is 0 Å². The average Bonchev–Trinajstić information content (AvgIpc) is 3.56. The second-order valence-electron chi connectivity index (χ2n) is 25.6. The molecular weight excluding hydrogens is 1020 g/mol. The van der Waals surface area contributed by atoms with Gasteiger partial charge in [0.15, 0.2) is 25.2 Å². The molecular formula is C53H90O24. The van der Waals surface area contributed by atoms with Gasteiger partial charge in [0.2, 0.25) is 0 Å². The van der Waals surface area contributed by atoms with E-state index in [2.05, 4.69) is 20.8 Å². The van der Waals surface area contributed by atoms with Crippen molar-refractivity contribution < 1.29 is 119 Å². The van der Waals surface area contributed by atoms with Crippen LogP contribution in [0.5, 0.6) is 0 Å². The van der Waals surface area contributed by atoms with Crippen LogP contribution in [0, 0.1) is 50.7 Å². The van der Waals surface area contributed by atoms with Gasteiger partial charge in [0, 0.05) is 16.7 Å². The molecule has 24 nitrogen and oxygen atoms in total. The lowest BCUT2D eigenvalue weighted by Gasteiger charge is -2.73. The van der Waals surface area contributed by atoms with Gasteiger partial charge in [-0.3, -0.25) is 0 Å². The second kappa shape index (κ2) is 23.2. The highest BCUT2D eigenvalue weighted by atomic mass is 16.8. The van der Waals surface area contributed by atoms with Crippen molar-refractivity contribution in [2.75, 3.05) is 46.2 Å². The fraction of sp³-hybridized carbons (Fsp3) is 1.00. The summed E-state index contributed by atoms with van der Waals surface area (Å²) in [5.74, 6) is -0.241. The second-order valence-corrected chi connectivity index (χ2v) is 25.6. The minimum atomic E-state index is -1.77. The molecule has 9 aliphatic rings. The van der Waals surface area contributed by atoms with E-state index in [1.807, 2.05) is 13.8 Å². The molecule has 15 N–H and O–H groups in total. The van der Waals surface area contributed by atoms with Crippen molar-refractivity contribution in [3.63, 3.8) is 0 Å². The first-order valence-electron chi connectivity index (χ1n) is 28.1. The van der Waals surface area contributed by atoms with E-state index >= 15 is 0 Å². The summed E-state index contributed by atoms with van der Waals surface area (Å²) in [5.41, 5.74) is -2.42. The summed E-state index contributed by atoms with van der Waals surface area (Å²) < 4.78 is 55.0. The molecule has 0 radical (unpaired) electrons. The molecule has 0 aromatic rings. The van der Waals surface area contributed by atoms with Crippen LogP contribution in [0.1, 0.15) is 98.8 Å². The van der Waals surface area contributed by atoms with E-state index in [4.69, 9.17) is 42.6 Å². The smallest absolute Gasteiger partial charge is 0.187 e. The Morgan fingerprint density at radius 1 is 0.506 bits per heavy atom. The summed E-state index contributed by atoms with van der Waals surface area (Å²) >= 11 is 0. The Labute approximate surface area is 449 Å². The number of ether oxygens (including phenoxy) is 9. The molecule has 4 aliphatic carbocycles. The maximum Gasteiger partial charge on any atom is 0.187 e. The van der Waals surface area contributed by atoms with Gasteiger partial charge in [0.05, 0.1) is 64.6 Å². The van der Waals surface area contributed by atoms with Crippen LogP contribution in [-0.4, -0.2) is 258 Å². The van der Waals surface area contributed by atoms with Gasteiger partial charge in [-0.15, -0.1) is 0 Å².